The number of furan rings is 1. The number of hydrogen-bond acceptors (Lipinski definition) is 5. The van der Waals surface area contributed by atoms with Crippen LogP contribution in [0.4, 0.5) is 0 Å². The summed E-state index contributed by atoms with van der Waals surface area (Å²) in [4.78, 5) is 23.8. The van der Waals surface area contributed by atoms with Crippen LogP contribution in [0.5, 0.6) is 0 Å². The predicted octanol–water partition coefficient (Wildman–Crippen LogP) is 4.88. The number of benzene rings is 2. The Balaban J connectivity index is 1.87. The molecule has 0 spiro atoms. The Morgan fingerprint density at radius 1 is 1.12 bits per heavy atom. The summed E-state index contributed by atoms with van der Waals surface area (Å²) in [7, 11) is 0. The molecule has 0 radical (unpaired) electrons. The topological polar surface area (TPSA) is 79.5 Å². The van der Waals surface area contributed by atoms with Gasteiger partial charge in [0.15, 0.2) is 5.78 Å². The minimum Gasteiger partial charge on any atom is -0.480 e. The van der Waals surface area contributed by atoms with Crippen molar-refractivity contribution in [3.8, 4) is 0 Å². The molecule has 2 N–H and O–H groups in total. The second-order valence-corrected chi connectivity index (χ2v) is 7.68. The van der Waals surface area contributed by atoms with Gasteiger partial charge in [0.05, 0.1) is 0 Å². The van der Waals surface area contributed by atoms with Crippen LogP contribution in [0.1, 0.15) is 37.6 Å². The number of ketones is 1. The molecule has 1 unspecified atom stereocenters. The number of nitrogens with one attached hydrogen (secondary N) is 1. The summed E-state index contributed by atoms with van der Waals surface area (Å²) in [5, 5.41) is 11.2. The average Bonchev–Trinajstić information content (AvgIpc) is 2.95. The first-order valence-corrected chi connectivity index (χ1v) is 9.29. The van der Waals surface area contributed by atoms with Gasteiger partial charge in [0.1, 0.15) is 17.2 Å². The Hall–Kier alpha value is -2.31. The molecule has 1 aromatic heterocycles. The molecule has 2 aromatic carbocycles. The van der Waals surface area contributed by atoms with E-state index < -0.39 is 12.0 Å². The maximum absolute atomic E-state index is 11.5. The van der Waals surface area contributed by atoms with E-state index in [1.54, 1.807) is 12.1 Å². The van der Waals surface area contributed by atoms with Gasteiger partial charge < -0.3 is 9.52 Å². The largest absolute Gasteiger partial charge is 0.480 e. The van der Waals surface area contributed by atoms with Crippen LogP contribution in [0.3, 0.4) is 0 Å². The number of fused-ring (bicyclic) bond motifs is 3. The van der Waals surface area contributed by atoms with E-state index in [4.69, 9.17) is 4.42 Å². The summed E-state index contributed by atoms with van der Waals surface area (Å²) < 4.78 is 8.88. The lowest BCUT2D eigenvalue weighted by atomic mass is 10.1. The molecule has 0 amide bonds. The van der Waals surface area contributed by atoms with Gasteiger partial charge in [-0.05, 0) is 61.5 Å². The molecule has 0 aliphatic rings. The normalized spacial score (nSPS) is 12.8. The van der Waals surface area contributed by atoms with Crippen molar-refractivity contribution in [2.75, 3.05) is 0 Å². The van der Waals surface area contributed by atoms with E-state index in [1.807, 2.05) is 38.1 Å². The summed E-state index contributed by atoms with van der Waals surface area (Å²) >= 11 is 1.31. The highest BCUT2D eigenvalue weighted by Crippen LogP contribution is 2.32. The Morgan fingerprint density at radius 3 is 2.54 bits per heavy atom. The van der Waals surface area contributed by atoms with E-state index in [2.05, 4.69) is 4.72 Å². The van der Waals surface area contributed by atoms with Gasteiger partial charge in [-0.1, -0.05) is 19.9 Å². The van der Waals surface area contributed by atoms with E-state index in [1.165, 1.54) is 18.9 Å². The van der Waals surface area contributed by atoms with E-state index in [0.717, 1.165) is 21.3 Å². The smallest absolute Gasteiger partial charge is 0.321 e. The Kier molecular flexibility index (Phi) is 5.34. The zero-order valence-corrected chi connectivity index (χ0v) is 15.7. The van der Waals surface area contributed by atoms with Crippen molar-refractivity contribution in [1.82, 2.24) is 4.72 Å². The number of carboxylic acids is 1. The third kappa shape index (κ3) is 3.92. The van der Waals surface area contributed by atoms with Gasteiger partial charge in [0, 0.05) is 21.2 Å². The number of Topliss-reactive ketones (excluding diaryl/α,β-unsaturated/α-hetero) is 1. The van der Waals surface area contributed by atoms with Crippen molar-refractivity contribution in [3.05, 3.63) is 42.0 Å². The fraction of sp³-hybridized carbons (Fsp3) is 0.300. The average molecular weight is 371 g/mol. The number of hydrogen-bond donors (Lipinski definition) is 2. The summed E-state index contributed by atoms with van der Waals surface area (Å²) in [6, 6.07) is 10.6. The zero-order chi connectivity index (χ0) is 18.8. The summed E-state index contributed by atoms with van der Waals surface area (Å²) in [5.74, 6) is -0.560. The molecule has 5 nitrogen and oxygen atoms in total. The van der Waals surface area contributed by atoms with Crippen molar-refractivity contribution < 1.29 is 19.1 Å². The molecular formula is C20H21NO4S. The Bertz CT molecular complexity index is 977. The van der Waals surface area contributed by atoms with Gasteiger partial charge >= 0.3 is 5.97 Å². The molecule has 0 aliphatic carbocycles. The third-order valence-corrected chi connectivity index (χ3v) is 5.07. The molecule has 0 saturated heterocycles. The molecule has 0 saturated carbocycles. The second kappa shape index (κ2) is 7.51. The molecule has 136 valence electrons. The zero-order valence-electron chi connectivity index (χ0n) is 14.9. The van der Waals surface area contributed by atoms with Gasteiger partial charge in [-0.15, -0.1) is 0 Å². The lowest BCUT2D eigenvalue weighted by Gasteiger charge is -2.15. The van der Waals surface area contributed by atoms with E-state index >= 15 is 0 Å². The second-order valence-electron chi connectivity index (χ2n) is 6.77. The fourth-order valence-electron chi connectivity index (χ4n) is 2.85. The molecular weight excluding hydrogens is 350 g/mol. The van der Waals surface area contributed by atoms with Gasteiger partial charge in [-0.25, -0.2) is 4.72 Å². The quantitative estimate of drug-likeness (QED) is 0.455. The van der Waals surface area contributed by atoms with Gasteiger partial charge in [0.2, 0.25) is 0 Å². The number of aliphatic carboxylic acids is 1. The van der Waals surface area contributed by atoms with Crippen LogP contribution in [-0.4, -0.2) is 22.9 Å². The molecule has 6 heteroatoms. The molecule has 0 aliphatic heterocycles. The van der Waals surface area contributed by atoms with Crippen LogP contribution >= 0.6 is 11.9 Å². The maximum atomic E-state index is 11.5. The van der Waals surface area contributed by atoms with Crippen LogP contribution < -0.4 is 4.72 Å². The minimum atomic E-state index is -0.849. The molecule has 0 fully saturated rings. The SMILES string of the molecule is CC(=O)c1ccc2c(c1)oc1ccc(SNC(CC(C)C)C(=O)O)cc12. The van der Waals surface area contributed by atoms with Gasteiger partial charge in [-0.2, -0.15) is 0 Å². The lowest BCUT2D eigenvalue weighted by molar-refractivity contribution is -0.139. The van der Waals surface area contributed by atoms with Gasteiger partial charge in [-0.3, -0.25) is 9.59 Å². The lowest BCUT2D eigenvalue weighted by Crippen LogP contribution is -2.33. The highest BCUT2D eigenvalue weighted by atomic mass is 32.2. The summed E-state index contributed by atoms with van der Waals surface area (Å²) in [6.45, 7) is 5.53. The highest BCUT2D eigenvalue weighted by Gasteiger charge is 2.19. The van der Waals surface area contributed by atoms with Crippen LogP contribution in [0.2, 0.25) is 0 Å². The molecule has 26 heavy (non-hydrogen) atoms. The molecule has 3 aromatic rings. The maximum Gasteiger partial charge on any atom is 0.321 e. The standard InChI is InChI=1S/C20H21NO4S/c1-11(2)8-17(20(23)24)21-26-14-5-7-18-16(10-14)15-6-4-13(12(3)22)9-19(15)25-18/h4-7,9-11,17,21H,8H2,1-3H3,(H,23,24). The highest BCUT2D eigenvalue weighted by molar-refractivity contribution is 7.97. The number of rotatable bonds is 7. The summed E-state index contributed by atoms with van der Waals surface area (Å²) in [6.07, 6.45) is 0.563. The van der Waals surface area contributed by atoms with Crippen LogP contribution in [0, 0.1) is 5.92 Å². The minimum absolute atomic E-state index is 0.00216. The molecule has 1 heterocycles. The van der Waals surface area contributed by atoms with Crippen molar-refractivity contribution in [3.63, 3.8) is 0 Å². The Labute approximate surface area is 155 Å². The summed E-state index contributed by atoms with van der Waals surface area (Å²) in [5.41, 5.74) is 2.03. The van der Waals surface area contributed by atoms with Crippen molar-refractivity contribution in [2.24, 2.45) is 5.92 Å². The van der Waals surface area contributed by atoms with E-state index in [0.29, 0.717) is 23.5 Å². The van der Waals surface area contributed by atoms with Gasteiger partial charge in [0.25, 0.3) is 0 Å². The molecule has 3 rings (SSSR count). The van der Waals surface area contributed by atoms with Crippen LogP contribution in [0.25, 0.3) is 21.9 Å². The van der Waals surface area contributed by atoms with Crippen LogP contribution in [-0.2, 0) is 4.79 Å². The predicted molar refractivity (Wildman–Crippen MR) is 104 cm³/mol. The van der Waals surface area contributed by atoms with Crippen molar-refractivity contribution in [1.29, 1.82) is 0 Å². The first-order valence-electron chi connectivity index (χ1n) is 8.47. The first-order chi connectivity index (χ1) is 12.3. The van der Waals surface area contributed by atoms with E-state index in [9.17, 15) is 14.7 Å². The van der Waals surface area contributed by atoms with Crippen molar-refractivity contribution in [2.45, 2.75) is 38.1 Å². The monoisotopic (exact) mass is 371 g/mol. The molecule has 1 atom stereocenters. The first kappa shape index (κ1) is 18.5. The number of carbonyl (C=O) groups is 2. The molecule has 0 bridgehead atoms. The van der Waals surface area contributed by atoms with Crippen LogP contribution in [0.15, 0.2) is 45.7 Å². The fourth-order valence-corrected chi connectivity index (χ4v) is 3.64. The van der Waals surface area contributed by atoms with E-state index in [-0.39, 0.29) is 5.78 Å². The number of carboxylic acid groups (broad SMARTS) is 1. The number of carbonyl (C=O) groups excluding carboxylic acids is 1. The van der Waals surface area contributed by atoms with Crippen molar-refractivity contribution >= 4 is 45.6 Å². The third-order valence-electron chi connectivity index (χ3n) is 4.17. The Morgan fingerprint density at radius 2 is 1.88 bits per heavy atom.